The van der Waals surface area contributed by atoms with Gasteiger partial charge in [0, 0.05) is 0 Å². The van der Waals surface area contributed by atoms with E-state index in [0.29, 0.717) is 5.75 Å². The second-order valence-corrected chi connectivity index (χ2v) is 11.0. The molecule has 25 heavy (non-hydrogen) atoms. The number of halogens is 2. The Hall–Kier alpha value is -1.31. The number of hydrogen-bond acceptors (Lipinski definition) is 2. The van der Waals surface area contributed by atoms with Crippen LogP contribution in [0.1, 0.15) is 0 Å². The van der Waals surface area contributed by atoms with Gasteiger partial charge in [-0.15, -0.1) is 0 Å². The Morgan fingerprint density at radius 3 is 1.68 bits per heavy atom. The van der Waals surface area contributed by atoms with Crippen LogP contribution >= 0.6 is 38.5 Å². The number of rotatable bonds is 5. The quantitative estimate of drug-likeness (QED) is 0.137. The van der Waals surface area contributed by atoms with E-state index in [2.05, 4.69) is 64.5 Å². The van der Waals surface area contributed by atoms with Gasteiger partial charge in [-0.2, -0.15) is 0 Å². The van der Waals surface area contributed by atoms with E-state index in [9.17, 15) is 4.79 Å². The standard InChI is InChI=1S/C20H15BrIO2S/c21-19(22)20(23)24-15-11-13-18(14-12-15)25(16-7-3-1-4-8-16)17-9-5-2-6-10-17/h1-14,19H/q+1. The molecular formula is C20H15BrIO2S+. The van der Waals surface area contributed by atoms with Crippen LogP contribution in [-0.2, 0) is 15.7 Å². The summed E-state index contributed by atoms with van der Waals surface area (Å²) in [4.78, 5) is 15.4. The summed E-state index contributed by atoms with van der Waals surface area (Å²) in [5.41, 5.74) is 0. The Morgan fingerprint density at radius 1 is 0.800 bits per heavy atom. The van der Waals surface area contributed by atoms with Gasteiger partial charge in [0.2, 0.25) is 0 Å². The highest BCUT2D eigenvalue weighted by atomic mass is 127. The van der Waals surface area contributed by atoms with E-state index in [-0.39, 0.29) is 19.7 Å². The number of ether oxygens (including phenoxy) is 1. The molecule has 0 fully saturated rings. The minimum absolute atomic E-state index is 0.196. The van der Waals surface area contributed by atoms with E-state index >= 15 is 0 Å². The van der Waals surface area contributed by atoms with Gasteiger partial charge in [-0.25, -0.2) is 4.79 Å². The van der Waals surface area contributed by atoms with Gasteiger partial charge < -0.3 is 4.74 Å². The number of hydrogen-bond donors (Lipinski definition) is 0. The maximum absolute atomic E-state index is 11.7. The zero-order valence-corrected chi connectivity index (χ0v) is 17.7. The summed E-state index contributed by atoms with van der Waals surface area (Å²) in [5.74, 6) is 0.248. The van der Waals surface area contributed by atoms with Gasteiger partial charge in [-0.1, -0.05) is 74.9 Å². The number of esters is 1. The first-order chi connectivity index (χ1) is 12.1. The van der Waals surface area contributed by atoms with Crippen LogP contribution in [0.15, 0.2) is 99.6 Å². The van der Waals surface area contributed by atoms with Crippen LogP contribution in [0.2, 0.25) is 0 Å². The summed E-state index contributed by atoms with van der Waals surface area (Å²) in [6, 6.07) is 28.7. The Kier molecular flexibility index (Phi) is 6.56. The zero-order valence-electron chi connectivity index (χ0n) is 13.1. The van der Waals surface area contributed by atoms with Gasteiger partial charge in [0.15, 0.2) is 17.5 Å². The third kappa shape index (κ3) is 4.86. The molecule has 0 saturated heterocycles. The van der Waals surface area contributed by atoms with E-state index in [0.717, 1.165) is 0 Å². The molecule has 0 aromatic heterocycles. The monoisotopic (exact) mass is 525 g/mol. The summed E-state index contributed by atoms with van der Waals surface area (Å²) in [6.07, 6.45) is 0. The first-order valence-corrected chi connectivity index (χ1v) is 11.0. The molecule has 0 aliphatic heterocycles. The highest BCUT2D eigenvalue weighted by Crippen LogP contribution is 2.32. The molecule has 0 radical (unpaired) electrons. The number of carbonyl (C=O) groups is 1. The van der Waals surface area contributed by atoms with E-state index in [1.165, 1.54) is 14.7 Å². The Morgan fingerprint density at radius 2 is 1.24 bits per heavy atom. The van der Waals surface area contributed by atoms with Crippen LogP contribution in [0.4, 0.5) is 0 Å². The number of benzene rings is 3. The summed E-state index contributed by atoms with van der Waals surface area (Å²) in [6.45, 7) is 0. The van der Waals surface area contributed by atoms with Crippen LogP contribution in [-0.4, -0.2) is 8.80 Å². The number of alkyl halides is 2. The maximum Gasteiger partial charge on any atom is 0.335 e. The topological polar surface area (TPSA) is 26.3 Å². The van der Waals surface area contributed by atoms with Crippen molar-refractivity contribution in [3.05, 3.63) is 84.9 Å². The zero-order chi connectivity index (χ0) is 17.6. The first-order valence-electron chi connectivity index (χ1n) is 7.59. The Bertz CT molecular complexity index is 784. The van der Waals surface area contributed by atoms with Gasteiger partial charge in [0.25, 0.3) is 0 Å². The van der Waals surface area contributed by atoms with Gasteiger partial charge in [-0.05, 0) is 48.5 Å². The minimum atomic E-state index is -0.354. The van der Waals surface area contributed by atoms with Crippen LogP contribution in [0.25, 0.3) is 0 Å². The van der Waals surface area contributed by atoms with Gasteiger partial charge in [-0.3, -0.25) is 0 Å². The summed E-state index contributed by atoms with van der Waals surface area (Å²) >= 11 is 5.18. The van der Waals surface area contributed by atoms with Crippen molar-refractivity contribution in [1.29, 1.82) is 0 Å². The fourth-order valence-corrected chi connectivity index (χ4v) is 4.63. The highest BCUT2D eigenvalue weighted by Gasteiger charge is 2.28. The van der Waals surface area contributed by atoms with E-state index < -0.39 is 0 Å². The molecule has 5 heteroatoms. The molecule has 0 aliphatic rings. The molecular weight excluding hydrogens is 511 g/mol. The number of carbonyl (C=O) groups excluding carboxylic acids is 1. The molecule has 3 aromatic carbocycles. The third-order valence-corrected chi connectivity index (χ3v) is 6.53. The lowest BCUT2D eigenvalue weighted by Crippen LogP contribution is -2.14. The average molecular weight is 526 g/mol. The van der Waals surface area contributed by atoms with Crippen LogP contribution < -0.4 is 4.74 Å². The van der Waals surface area contributed by atoms with Gasteiger partial charge in [0.05, 0.1) is 10.9 Å². The van der Waals surface area contributed by atoms with Crippen LogP contribution in [0.3, 0.4) is 0 Å². The third-order valence-electron chi connectivity index (χ3n) is 3.41. The van der Waals surface area contributed by atoms with Gasteiger partial charge in [0.1, 0.15) is 5.75 Å². The van der Waals surface area contributed by atoms with E-state index in [4.69, 9.17) is 4.74 Å². The molecule has 0 N–H and O–H groups in total. The predicted molar refractivity (Wildman–Crippen MR) is 114 cm³/mol. The molecule has 0 amide bonds. The van der Waals surface area contributed by atoms with Crippen LogP contribution in [0, 0.1) is 0 Å². The molecule has 3 aromatic rings. The normalized spacial score (nSPS) is 12.0. The molecule has 0 bridgehead atoms. The summed E-state index contributed by atoms with van der Waals surface area (Å²) < 4.78 is 4.98. The maximum atomic E-state index is 11.7. The molecule has 0 spiro atoms. The fourth-order valence-electron chi connectivity index (χ4n) is 2.33. The molecule has 126 valence electrons. The average Bonchev–Trinajstić information content (AvgIpc) is 2.65. The summed E-state index contributed by atoms with van der Waals surface area (Å²) in [7, 11) is -0.196. The first kappa shape index (κ1) is 18.5. The summed E-state index contributed by atoms with van der Waals surface area (Å²) in [5, 5.41) is 0. The SMILES string of the molecule is O=C(Oc1ccc([S+](c2ccccc2)c2ccccc2)cc1)C(Br)I. The highest BCUT2D eigenvalue weighted by molar-refractivity contribution is 14.1. The van der Waals surface area contributed by atoms with Crippen molar-refractivity contribution in [2.24, 2.45) is 0 Å². The van der Waals surface area contributed by atoms with E-state index in [1.807, 2.05) is 59.0 Å². The van der Waals surface area contributed by atoms with Crippen molar-refractivity contribution in [2.75, 3.05) is 0 Å². The van der Waals surface area contributed by atoms with E-state index in [1.54, 1.807) is 0 Å². The molecule has 1 unspecified atom stereocenters. The van der Waals surface area contributed by atoms with Crippen molar-refractivity contribution in [3.63, 3.8) is 0 Å². The predicted octanol–water partition coefficient (Wildman–Crippen LogP) is 5.84. The molecule has 3 rings (SSSR count). The van der Waals surface area contributed by atoms with Crippen molar-refractivity contribution in [3.8, 4) is 5.75 Å². The Labute approximate surface area is 172 Å². The minimum Gasteiger partial charge on any atom is -0.425 e. The Balaban J connectivity index is 1.93. The van der Waals surface area contributed by atoms with Crippen molar-refractivity contribution in [2.45, 2.75) is 17.5 Å². The smallest absolute Gasteiger partial charge is 0.335 e. The lowest BCUT2D eigenvalue weighted by Gasteiger charge is -2.09. The second kappa shape index (κ2) is 8.87. The van der Waals surface area contributed by atoms with Gasteiger partial charge >= 0.3 is 5.97 Å². The second-order valence-electron chi connectivity index (χ2n) is 5.13. The molecule has 1 atom stereocenters. The van der Waals surface area contributed by atoms with Crippen molar-refractivity contribution in [1.82, 2.24) is 0 Å². The molecule has 0 heterocycles. The van der Waals surface area contributed by atoms with Crippen molar-refractivity contribution >= 4 is 55.4 Å². The largest absolute Gasteiger partial charge is 0.425 e. The van der Waals surface area contributed by atoms with Crippen molar-refractivity contribution < 1.29 is 9.53 Å². The van der Waals surface area contributed by atoms with Crippen LogP contribution in [0.5, 0.6) is 5.75 Å². The lowest BCUT2D eigenvalue weighted by atomic mass is 10.3. The fraction of sp³-hybridized carbons (Fsp3) is 0.0500. The lowest BCUT2D eigenvalue weighted by molar-refractivity contribution is -0.131. The molecule has 0 aliphatic carbocycles. The molecule has 0 saturated carbocycles. The molecule has 2 nitrogen and oxygen atoms in total.